The molecule has 12 heteroatoms. The molecular weight excluding hydrogens is 400 g/mol. The Balaban J connectivity index is 1.82. The smallest absolute Gasteiger partial charge is 0.335 e. The van der Waals surface area contributed by atoms with E-state index in [-0.39, 0.29) is 34.3 Å². The Morgan fingerprint density at radius 1 is 1.17 bits per heavy atom. The maximum absolute atomic E-state index is 12.8. The van der Waals surface area contributed by atoms with Gasteiger partial charge >= 0.3 is 12.0 Å². The first-order valence-electron chi connectivity index (χ1n) is 8.80. The van der Waals surface area contributed by atoms with Crippen LogP contribution in [-0.4, -0.2) is 49.0 Å². The van der Waals surface area contributed by atoms with Crippen LogP contribution in [0.4, 0.5) is 16.4 Å². The first-order chi connectivity index (χ1) is 13.8. The zero-order valence-corrected chi connectivity index (χ0v) is 16.7. The minimum Gasteiger partial charge on any atom is -0.467 e. The van der Waals surface area contributed by atoms with Crippen molar-refractivity contribution in [3.8, 4) is 6.01 Å². The Labute approximate surface area is 167 Å². The fourth-order valence-corrected chi connectivity index (χ4v) is 3.99. The molecule has 0 aliphatic carbocycles. The van der Waals surface area contributed by atoms with E-state index in [9.17, 15) is 18.0 Å². The summed E-state index contributed by atoms with van der Waals surface area (Å²) in [5, 5.41) is 2.24. The molecule has 1 fully saturated rings. The Morgan fingerprint density at radius 3 is 2.66 bits per heavy atom. The molecule has 2 aromatic rings. The topological polar surface area (TPSA) is 143 Å². The van der Waals surface area contributed by atoms with E-state index < -0.39 is 16.1 Å². The molecule has 1 aromatic heterocycles. The van der Waals surface area contributed by atoms with Gasteiger partial charge in [0.25, 0.3) is 10.0 Å². The third-order valence-electron chi connectivity index (χ3n) is 4.13. The Hall–Kier alpha value is -3.28. The van der Waals surface area contributed by atoms with E-state index in [1.165, 1.54) is 30.2 Å². The number of aromatic nitrogens is 3. The number of anilines is 2. The minimum atomic E-state index is -4.27. The lowest BCUT2D eigenvalue weighted by molar-refractivity contribution is -0.119. The molecule has 1 aliphatic rings. The van der Waals surface area contributed by atoms with Gasteiger partial charge in [-0.25, -0.2) is 17.9 Å². The van der Waals surface area contributed by atoms with Crippen LogP contribution in [0.15, 0.2) is 29.2 Å². The van der Waals surface area contributed by atoms with Crippen LogP contribution in [0.25, 0.3) is 0 Å². The first kappa shape index (κ1) is 20.5. The number of piperidine rings is 1. The second kappa shape index (κ2) is 8.39. The van der Waals surface area contributed by atoms with Crippen molar-refractivity contribution in [3.63, 3.8) is 0 Å². The van der Waals surface area contributed by atoms with E-state index in [0.717, 1.165) is 12.8 Å². The zero-order valence-electron chi connectivity index (χ0n) is 15.9. The average Bonchev–Trinajstić information content (AvgIpc) is 2.67. The quantitative estimate of drug-likeness (QED) is 0.735. The van der Waals surface area contributed by atoms with E-state index in [0.29, 0.717) is 13.0 Å². The van der Waals surface area contributed by atoms with Crippen LogP contribution in [0.1, 0.15) is 25.1 Å². The molecule has 0 spiro atoms. The standard InChI is InChI=1S/C17H20N6O5S/c1-11-18-15(21-17(19-11)28-2)20-16(25)22-29(26,27)13-8-4-3-7-12(13)23-10-6-5-9-14(23)24/h3-4,7-8H,5-6,9-10H2,1-2H3,(H2,18,19,20,21,22,25). The number of benzene rings is 1. The van der Waals surface area contributed by atoms with Gasteiger partial charge in [0.05, 0.1) is 12.8 Å². The molecule has 29 heavy (non-hydrogen) atoms. The fourth-order valence-electron chi connectivity index (χ4n) is 2.88. The largest absolute Gasteiger partial charge is 0.467 e. The molecule has 0 saturated carbocycles. The number of rotatable bonds is 5. The molecule has 11 nitrogen and oxygen atoms in total. The predicted octanol–water partition coefficient (Wildman–Crippen LogP) is 1.22. The maximum atomic E-state index is 12.8. The highest BCUT2D eigenvalue weighted by Crippen LogP contribution is 2.28. The van der Waals surface area contributed by atoms with E-state index in [1.54, 1.807) is 13.0 Å². The lowest BCUT2D eigenvalue weighted by Crippen LogP contribution is -2.39. The lowest BCUT2D eigenvalue weighted by Gasteiger charge is -2.28. The van der Waals surface area contributed by atoms with Gasteiger partial charge in [-0.3, -0.25) is 10.1 Å². The number of ether oxygens (including phenoxy) is 1. The maximum Gasteiger partial charge on any atom is 0.335 e. The summed E-state index contributed by atoms with van der Waals surface area (Å²) in [6.45, 7) is 1.98. The lowest BCUT2D eigenvalue weighted by atomic mass is 10.1. The van der Waals surface area contributed by atoms with Gasteiger partial charge in [0, 0.05) is 13.0 Å². The number of amides is 3. The molecule has 3 rings (SSSR count). The van der Waals surface area contributed by atoms with E-state index in [2.05, 4.69) is 20.3 Å². The molecule has 2 heterocycles. The van der Waals surface area contributed by atoms with Crippen LogP contribution in [0.2, 0.25) is 0 Å². The van der Waals surface area contributed by atoms with Gasteiger partial charge in [-0.2, -0.15) is 15.0 Å². The average molecular weight is 420 g/mol. The molecule has 154 valence electrons. The number of nitrogens with zero attached hydrogens (tertiary/aromatic N) is 4. The number of hydrogen-bond donors (Lipinski definition) is 2. The molecule has 1 aromatic carbocycles. The summed E-state index contributed by atoms with van der Waals surface area (Å²) >= 11 is 0. The number of aryl methyl sites for hydroxylation is 1. The summed E-state index contributed by atoms with van der Waals surface area (Å²) < 4.78 is 32.4. The molecule has 0 unspecified atom stereocenters. The van der Waals surface area contributed by atoms with E-state index in [1.807, 2.05) is 4.72 Å². The van der Waals surface area contributed by atoms with Crippen LogP contribution < -0.4 is 19.7 Å². The molecule has 0 radical (unpaired) electrons. The van der Waals surface area contributed by atoms with Crippen LogP contribution in [0.5, 0.6) is 6.01 Å². The number of carbonyl (C=O) groups is 2. The summed E-state index contributed by atoms with van der Waals surface area (Å²) in [5.41, 5.74) is 0.232. The van der Waals surface area contributed by atoms with Crippen molar-refractivity contribution in [2.45, 2.75) is 31.1 Å². The number of hydrogen-bond acceptors (Lipinski definition) is 8. The van der Waals surface area contributed by atoms with Crippen molar-refractivity contribution in [3.05, 3.63) is 30.1 Å². The summed E-state index contributed by atoms with van der Waals surface area (Å²) in [4.78, 5) is 37.3. The third-order valence-corrected chi connectivity index (χ3v) is 5.51. The Bertz CT molecular complexity index is 1040. The second-order valence-electron chi connectivity index (χ2n) is 6.22. The highest BCUT2D eigenvalue weighted by molar-refractivity contribution is 7.90. The number of para-hydroxylation sites is 1. The fraction of sp³-hybridized carbons (Fsp3) is 0.353. The van der Waals surface area contributed by atoms with Crippen molar-refractivity contribution < 1.29 is 22.7 Å². The Morgan fingerprint density at radius 2 is 1.93 bits per heavy atom. The molecular formula is C17H20N6O5S. The van der Waals surface area contributed by atoms with E-state index in [4.69, 9.17) is 4.74 Å². The van der Waals surface area contributed by atoms with E-state index >= 15 is 0 Å². The van der Waals surface area contributed by atoms with Gasteiger partial charge in [-0.15, -0.1) is 0 Å². The highest BCUT2D eigenvalue weighted by atomic mass is 32.2. The molecule has 0 atom stereocenters. The number of sulfonamides is 1. The van der Waals surface area contributed by atoms with Gasteiger partial charge in [-0.05, 0) is 31.9 Å². The van der Waals surface area contributed by atoms with Gasteiger partial charge in [0.1, 0.15) is 10.7 Å². The van der Waals surface area contributed by atoms with Crippen LogP contribution >= 0.6 is 0 Å². The summed E-state index contributed by atoms with van der Waals surface area (Å²) in [5.74, 6) is -0.0402. The van der Waals surface area contributed by atoms with Gasteiger partial charge in [-0.1, -0.05) is 12.1 Å². The number of urea groups is 1. The minimum absolute atomic E-state index is 0.0235. The molecule has 0 bridgehead atoms. The van der Waals surface area contributed by atoms with Crippen LogP contribution in [0.3, 0.4) is 0 Å². The van der Waals surface area contributed by atoms with Gasteiger partial charge in [0.15, 0.2) is 0 Å². The first-order valence-corrected chi connectivity index (χ1v) is 10.3. The highest BCUT2D eigenvalue weighted by Gasteiger charge is 2.28. The van der Waals surface area contributed by atoms with Crippen molar-refractivity contribution in [2.75, 3.05) is 23.9 Å². The van der Waals surface area contributed by atoms with Crippen LogP contribution in [-0.2, 0) is 14.8 Å². The van der Waals surface area contributed by atoms with Crippen molar-refractivity contribution in [2.24, 2.45) is 0 Å². The predicted molar refractivity (Wildman–Crippen MR) is 103 cm³/mol. The van der Waals surface area contributed by atoms with Crippen molar-refractivity contribution >= 4 is 33.6 Å². The zero-order chi connectivity index (χ0) is 21.0. The molecule has 1 aliphatic heterocycles. The summed E-state index contributed by atoms with van der Waals surface area (Å²) in [7, 11) is -2.92. The van der Waals surface area contributed by atoms with Gasteiger partial charge in [0.2, 0.25) is 11.9 Å². The number of methoxy groups -OCH3 is 1. The number of nitrogens with one attached hydrogen (secondary N) is 2. The monoisotopic (exact) mass is 420 g/mol. The SMILES string of the molecule is COc1nc(C)nc(NC(=O)NS(=O)(=O)c2ccccc2N2CCCCC2=O)n1. The third kappa shape index (κ3) is 4.77. The normalized spacial score (nSPS) is 14.4. The Kier molecular flexibility index (Phi) is 5.92. The van der Waals surface area contributed by atoms with Gasteiger partial charge < -0.3 is 9.64 Å². The van der Waals surface area contributed by atoms with Crippen LogP contribution in [0, 0.1) is 6.92 Å². The molecule has 3 amide bonds. The van der Waals surface area contributed by atoms with Crippen molar-refractivity contribution in [1.29, 1.82) is 0 Å². The summed E-state index contributed by atoms with van der Waals surface area (Å²) in [6.07, 6.45) is 1.89. The molecule has 1 saturated heterocycles. The summed E-state index contributed by atoms with van der Waals surface area (Å²) in [6, 6.07) is 4.95. The van der Waals surface area contributed by atoms with Crippen molar-refractivity contribution in [1.82, 2.24) is 19.7 Å². The number of carbonyl (C=O) groups excluding carboxylic acids is 2. The molecule has 2 N–H and O–H groups in total. The second-order valence-corrected chi connectivity index (χ2v) is 7.87.